The summed E-state index contributed by atoms with van der Waals surface area (Å²) in [4.78, 5) is 66.5. The number of aromatic nitrogens is 1. The van der Waals surface area contributed by atoms with Crippen molar-refractivity contribution in [2.24, 2.45) is 11.7 Å². The number of carbonyl (C=O) groups is 4. The van der Waals surface area contributed by atoms with Crippen molar-refractivity contribution in [1.82, 2.24) is 14.4 Å². The average molecular weight is 521 g/mol. The molecule has 1 aromatic heterocycles. The van der Waals surface area contributed by atoms with E-state index in [0.29, 0.717) is 38.5 Å². The Kier molecular flexibility index (Phi) is 6.03. The summed E-state index contributed by atoms with van der Waals surface area (Å²) in [5.41, 5.74) is 6.02. The third-order valence-electron chi connectivity index (χ3n) is 6.50. The number of nitrogens with zero attached hydrogens (tertiary/aromatic N) is 3. The molecule has 178 valence electrons. The van der Waals surface area contributed by atoms with Crippen LogP contribution in [0.15, 0.2) is 34.1 Å². The maximum atomic E-state index is 13.2. The third kappa shape index (κ3) is 3.75. The van der Waals surface area contributed by atoms with Crippen molar-refractivity contribution in [3.05, 3.63) is 49.4 Å². The number of thioether (sulfide) groups is 1. The van der Waals surface area contributed by atoms with Crippen molar-refractivity contribution in [3.63, 3.8) is 0 Å². The number of thiazole rings is 1. The number of primary amides is 1. The predicted molar refractivity (Wildman–Crippen MR) is 127 cm³/mol. The van der Waals surface area contributed by atoms with Gasteiger partial charge in [-0.2, -0.15) is 4.90 Å². The standard InChI is InChI=1S/C22H21ClN4O5S2/c23-12-6-4-11(5-7-12)14-15-16(19(30)27(18(15)29)21(24)31)33-20-17(14)34-22(32)26(20)10-13(28)25-8-2-1-3-9-25/h4-7,14-16H,1-3,8-10H2,(H2,24,31)/t14-,15+,16-/m0/s1. The number of nitrogens with two attached hydrogens (primary N) is 1. The second kappa shape index (κ2) is 8.86. The SMILES string of the molecule is NC(=O)N1C(=O)[C@@H]2[C@H](c3ccc(Cl)cc3)c3sc(=O)n(CC(=O)N4CCCCC4)c3S[C@@H]2C1=O. The van der Waals surface area contributed by atoms with Gasteiger partial charge < -0.3 is 10.6 Å². The van der Waals surface area contributed by atoms with E-state index in [0.717, 1.165) is 42.4 Å². The van der Waals surface area contributed by atoms with Gasteiger partial charge in [0.25, 0.3) is 5.91 Å². The van der Waals surface area contributed by atoms with Gasteiger partial charge in [-0.1, -0.05) is 46.8 Å². The second-order valence-electron chi connectivity index (χ2n) is 8.51. The first kappa shape index (κ1) is 23.1. The molecule has 0 unspecified atom stereocenters. The van der Waals surface area contributed by atoms with Gasteiger partial charge in [-0.25, -0.2) is 4.79 Å². The van der Waals surface area contributed by atoms with E-state index in [2.05, 4.69) is 0 Å². The smallest absolute Gasteiger partial charge is 0.328 e. The van der Waals surface area contributed by atoms with Gasteiger partial charge in [0.2, 0.25) is 11.8 Å². The maximum absolute atomic E-state index is 13.2. The lowest BCUT2D eigenvalue weighted by Gasteiger charge is -2.31. The number of carbonyl (C=O) groups excluding carboxylic acids is 4. The number of likely N-dealkylation sites (tertiary alicyclic amines) is 2. The fourth-order valence-electron chi connectivity index (χ4n) is 4.88. The van der Waals surface area contributed by atoms with Gasteiger partial charge in [0.15, 0.2) is 0 Å². The number of rotatable bonds is 3. The summed E-state index contributed by atoms with van der Waals surface area (Å²) in [5, 5.41) is 0.0451. The largest absolute Gasteiger partial charge is 0.351 e. The van der Waals surface area contributed by atoms with Crippen LogP contribution in [0.1, 0.15) is 35.6 Å². The molecular weight excluding hydrogens is 500 g/mol. The minimum Gasteiger partial charge on any atom is -0.351 e. The molecule has 5 amide bonds. The topological polar surface area (TPSA) is 123 Å². The second-order valence-corrected chi connectivity index (χ2v) is 11.1. The molecule has 9 nitrogen and oxygen atoms in total. The summed E-state index contributed by atoms with van der Waals surface area (Å²) in [7, 11) is 0. The van der Waals surface area contributed by atoms with Crippen LogP contribution in [0.5, 0.6) is 0 Å². The molecule has 2 N–H and O–H groups in total. The van der Waals surface area contributed by atoms with Crippen LogP contribution in [-0.4, -0.2) is 56.5 Å². The van der Waals surface area contributed by atoms with E-state index < -0.39 is 34.9 Å². The molecule has 3 atom stereocenters. The molecule has 0 aliphatic carbocycles. The quantitative estimate of drug-likeness (QED) is 0.619. The molecule has 4 heterocycles. The molecule has 2 saturated heterocycles. The van der Waals surface area contributed by atoms with Crippen LogP contribution in [-0.2, 0) is 20.9 Å². The highest BCUT2D eigenvalue weighted by Crippen LogP contribution is 2.53. The molecule has 2 fully saturated rings. The normalized spacial score (nSPS) is 24.2. The van der Waals surface area contributed by atoms with Gasteiger partial charge in [-0.05, 0) is 37.0 Å². The first-order valence-electron chi connectivity index (χ1n) is 10.9. The number of imide groups is 3. The Hall–Kier alpha value is -2.63. The number of urea groups is 1. The number of hydrogen-bond acceptors (Lipinski definition) is 7. The van der Waals surface area contributed by atoms with E-state index in [9.17, 15) is 24.0 Å². The van der Waals surface area contributed by atoms with Gasteiger partial charge in [0, 0.05) is 28.9 Å². The fraction of sp³-hybridized carbons (Fsp3) is 0.409. The summed E-state index contributed by atoms with van der Waals surface area (Å²) in [5.74, 6) is -3.09. The van der Waals surface area contributed by atoms with Crippen molar-refractivity contribution < 1.29 is 19.2 Å². The first-order valence-corrected chi connectivity index (χ1v) is 13.0. The molecule has 12 heteroatoms. The Morgan fingerprint density at radius 3 is 2.35 bits per heavy atom. The number of benzene rings is 1. The Balaban J connectivity index is 1.59. The Morgan fingerprint density at radius 1 is 1.03 bits per heavy atom. The number of amides is 5. The molecule has 2 aromatic rings. The molecule has 0 saturated carbocycles. The molecule has 3 aliphatic heterocycles. The monoisotopic (exact) mass is 520 g/mol. The van der Waals surface area contributed by atoms with Crippen LogP contribution >= 0.6 is 34.7 Å². The van der Waals surface area contributed by atoms with Gasteiger partial charge >= 0.3 is 10.9 Å². The fourth-order valence-corrected chi connectivity index (χ4v) is 7.78. The van der Waals surface area contributed by atoms with Gasteiger partial charge in [-0.3, -0.25) is 23.7 Å². The Bertz CT molecular complexity index is 1250. The lowest BCUT2D eigenvalue weighted by atomic mass is 9.83. The third-order valence-corrected chi connectivity index (χ3v) is 9.36. The highest BCUT2D eigenvalue weighted by Gasteiger charge is 2.57. The summed E-state index contributed by atoms with van der Waals surface area (Å²) in [6.45, 7) is 1.18. The van der Waals surface area contributed by atoms with Crippen molar-refractivity contribution >= 4 is 58.5 Å². The van der Waals surface area contributed by atoms with Gasteiger partial charge in [0.1, 0.15) is 11.8 Å². The highest BCUT2D eigenvalue weighted by atomic mass is 35.5. The van der Waals surface area contributed by atoms with Crippen LogP contribution < -0.4 is 10.6 Å². The van der Waals surface area contributed by atoms with Gasteiger partial charge in [0.05, 0.1) is 10.9 Å². The summed E-state index contributed by atoms with van der Waals surface area (Å²) in [6, 6.07) is 5.69. The first-order chi connectivity index (χ1) is 16.3. The van der Waals surface area contributed by atoms with Crippen molar-refractivity contribution in [2.45, 2.75) is 42.0 Å². The molecular formula is C22H21ClN4O5S2. The zero-order chi connectivity index (χ0) is 24.1. The van der Waals surface area contributed by atoms with E-state index in [1.165, 1.54) is 4.57 Å². The summed E-state index contributed by atoms with van der Waals surface area (Å²) in [6.07, 6.45) is 2.93. The molecule has 3 aliphatic rings. The zero-order valence-electron chi connectivity index (χ0n) is 17.9. The van der Waals surface area contributed by atoms with Crippen molar-refractivity contribution in [1.29, 1.82) is 0 Å². The van der Waals surface area contributed by atoms with Crippen LogP contribution in [0.4, 0.5) is 4.79 Å². The van der Waals surface area contributed by atoms with E-state index in [1.54, 1.807) is 29.2 Å². The summed E-state index contributed by atoms with van der Waals surface area (Å²) < 4.78 is 1.39. The minimum atomic E-state index is -1.12. The van der Waals surface area contributed by atoms with Crippen LogP contribution in [0.25, 0.3) is 0 Å². The lowest BCUT2D eigenvalue weighted by Crippen LogP contribution is -2.41. The molecule has 0 spiro atoms. The molecule has 34 heavy (non-hydrogen) atoms. The Labute approximate surface area is 207 Å². The number of hydrogen-bond donors (Lipinski definition) is 1. The van der Waals surface area contributed by atoms with Crippen LogP contribution in [0.2, 0.25) is 5.02 Å². The Morgan fingerprint density at radius 2 is 1.71 bits per heavy atom. The van der Waals surface area contributed by atoms with Crippen molar-refractivity contribution in [2.75, 3.05) is 13.1 Å². The van der Waals surface area contributed by atoms with E-state index in [4.69, 9.17) is 17.3 Å². The maximum Gasteiger partial charge on any atom is 0.328 e. The zero-order valence-corrected chi connectivity index (χ0v) is 20.3. The average Bonchev–Trinajstić information content (AvgIpc) is 3.26. The molecule has 0 bridgehead atoms. The molecule has 1 aromatic carbocycles. The molecule has 0 radical (unpaired) electrons. The van der Waals surface area contributed by atoms with E-state index >= 15 is 0 Å². The molecule has 5 rings (SSSR count). The van der Waals surface area contributed by atoms with Crippen molar-refractivity contribution in [3.8, 4) is 0 Å². The number of halogens is 1. The summed E-state index contributed by atoms with van der Waals surface area (Å²) >= 11 is 8.06. The minimum absolute atomic E-state index is 0.135. The van der Waals surface area contributed by atoms with Gasteiger partial charge in [-0.15, -0.1) is 0 Å². The highest BCUT2D eigenvalue weighted by molar-refractivity contribution is 8.00. The van der Waals surface area contributed by atoms with Crippen LogP contribution in [0, 0.1) is 5.92 Å². The van der Waals surface area contributed by atoms with E-state index in [-0.39, 0.29) is 17.3 Å². The van der Waals surface area contributed by atoms with Crippen LogP contribution in [0.3, 0.4) is 0 Å². The number of piperidine rings is 1. The number of fused-ring (bicyclic) bond motifs is 2. The lowest BCUT2D eigenvalue weighted by molar-refractivity contribution is -0.136. The predicted octanol–water partition coefficient (Wildman–Crippen LogP) is 2.25. The van der Waals surface area contributed by atoms with E-state index in [1.807, 2.05) is 0 Å².